The molecule has 6 N–H and O–H groups in total. The van der Waals surface area contributed by atoms with Crippen LogP contribution in [-0.2, 0) is 19.9 Å². The van der Waals surface area contributed by atoms with Gasteiger partial charge in [-0.3, -0.25) is 9.36 Å². The number of rotatable bonds is 7. The first-order valence-electron chi connectivity index (χ1n) is 13.7. The normalized spacial score (nSPS) is 30.2. The van der Waals surface area contributed by atoms with Crippen molar-refractivity contribution < 1.29 is 49.3 Å². The monoisotopic (exact) mass is 607 g/mol. The molecule has 2 saturated heterocycles. The first-order valence-corrected chi connectivity index (χ1v) is 13.7. The molecule has 1 amide bonds. The number of fused-ring (bicyclic) bond motifs is 1. The van der Waals surface area contributed by atoms with Crippen molar-refractivity contribution in [3.63, 3.8) is 0 Å². The Morgan fingerprint density at radius 2 is 1.64 bits per heavy atom. The minimum absolute atomic E-state index is 0.00875. The van der Waals surface area contributed by atoms with Gasteiger partial charge in [-0.05, 0) is 24.3 Å². The van der Waals surface area contributed by atoms with Crippen LogP contribution < -0.4 is 5.32 Å². The van der Waals surface area contributed by atoms with E-state index in [1.54, 1.807) is 48.5 Å². The van der Waals surface area contributed by atoms with Crippen LogP contribution in [0, 0.1) is 0 Å². The average Bonchev–Trinajstić information content (AvgIpc) is 3.60. The molecule has 0 bridgehead atoms. The summed E-state index contributed by atoms with van der Waals surface area (Å²) in [5, 5.41) is 56.7. The smallest absolute Gasteiger partial charge is 0.338 e. The van der Waals surface area contributed by atoms with Gasteiger partial charge in [-0.2, -0.15) is 0 Å². The Morgan fingerprint density at radius 1 is 0.955 bits per heavy atom. The molecule has 2 aromatic heterocycles. The topological polar surface area (TPSA) is 219 Å². The van der Waals surface area contributed by atoms with Crippen molar-refractivity contribution in [3.05, 3.63) is 84.4 Å². The van der Waals surface area contributed by atoms with Crippen molar-refractivity contribution in [2.45, 2.75) is 48.5 Å². The number of hydrogen-bond acceptors (Lipinski definition) is 13. The summed E-state index contributed by atoms with van der Waals surface area (Å²) in [7, 11) is 0. The highest BCUT2D eigenvalue weighted by Gasteiger charge is 2.65. The van der Waals surface area contributed by atoms with E-state index >= 15 is 0 Å². The fourth-order valence-corrected chi connectivity index (χ4v) is 5.54. The molecule has 230 valence electrons. The summed E-state index contributed by atoms with van der Waals surface area (Å²) in [5.74, 6) is -1.34. The van der Waals surface area contributed by atoms with Gasteiger partial charge in [-0.15, -0.1) is 0 Å². The van der Waals surface area contributed by atoms with Crippen LogP contribution in [0.15, 0.2) is 73.3 Å². The molecule has 15 nitrogen and oxygen atoms in total. The zero-order valence-corrected chi connectivity index (χ0v) is 23.0. The minimum atomic E-state index is -2.24. The van der Waals surface area contributed by atoms with E-state index < -0.39 is 73.5 Å². The Kier molecular flexibility index (Phi) is 8.08. The number of esters is 1. The molecule has 2 aliphatic rings. The van der Waals surface area contributed by atoms with Gasteiger partial charge in [-0.25, -0.2) is 19.7 Å². The van der Waals surface area contributed by atoms with Gasteiger partial charge >= 0.3 is 5.97 Å². The van der Waals surface area contributed by atoms with E-state index in [0.717, 1.165) is 6.33 Å². The minimum Gasteiger partial charge on any atom is -0.453 e. The van der Waals surface area contributed by atoms with Gasteiger partial charge in [0.2, 0.25) is 5.72 Å². The van der Waals surface area contributed by atoms with Crippen molar-refractivity contribution in [2.75, 3.05) is 18.5 Å². The van der Waals surface area contributed by atoms with E-state index in [1.807, 2.05) is 0 Å². The maximum absolute atomic E-state index is 13.1. The van der Waals surface area contributed by atoms with Crippen LogP contribution in [0.25, 0.3) is 11.2 Å². The molecular formula is C29H29N5O10. The van der Waals surface area contributed by atoms with Gasteiger partial charge in [-0.1, -0.05) is 36.4 Å². The Hall–Kier alpha value is -4.35. The van der Waals surface area contributed by atoms with Crippen molar-refractivity contribution in [3.8, 4) is 0 Å². The molecule has 44 heavy (non-hydrogen) atoms. The van der Waals surface area contributed by atoms with Gasteiger partial charge < -0.3 is 45.1 Å². The third kappa shape index (κ3) is 4.99. The lowest BCUT2D eigenvalue weighted by molar-refractivity contribution is -0.285. The lowest BCUT2D eigenvalue weighted by Crippen LogP contribution is -2.66. The number of nitrogens with zero attached hydrogens (tertiary/aromatic N) is 4. The first kappa shape index (κ1) is 29.7. The molecule has 0 radical (unpaired) electrons. The Bertz CT molecular complexity index is 1640. The molecule has 4 heterocycles. The highest BCUT2D eigenvalue weighted by atomic mass is 16.6. The van der Waals surface area contributed by atoms with E-state index in [1.165, 1.54) is 23.0 Å². The average molecular weight is 608 g/mol. The number of aromatic nitrogens is 4. The molecule has 0 spiro atoms. The number of ether oxygens (including phenoxy) is 3. The number of benzene rings is 2. The predicted molar refractivity (Wildman–Crippen MR) is 149 cm³/mol. The van der Waals surface area contributed by atoms with E-state index in [2.05, 4.69) is 20.3 Å². The summed E-state index contributed by atoms with van der Waals surface area (Å²) >= 11 is 0. The molecule has 2 aromatic carbocycles. The summed E-state index contributed by atoms with van der Waals surface area (Å²) in [6, 6.07) is 16.2. The number of anilines is 1. The first-order chi connectivity index (χ1) is 21.3. The van der Waals surface area contributed by atoms with Gasteiger partial charge in [0, 0.05) is 5.56 Å². The highest BCUT2D eigenvalue weighted by Crippen LogP contribution is 2.45. The van der Waals surface area contributed by atoms with E-state index in [0.29, 0.717) is 5.56 Å². The second-order valence-corrected chi connectivity index (χ2v) is 10.4. The lowest BCUT2D eigenvalue weighted by Gasteiger charge is -2.47. The number of hydrogen-bond donors (Lipinski definition) is 6. The van der Waals surface area contributed by atoms with Gasteiger partial charge in [0.25, 0.3) is 5.91 Å². The third-order valence-corrected chi connectivity index (χ3v) is 7.76. The van der Waals surface area contributed by atoms with Crippen molar-refractivity contribution >= 4 is 28.9 Å². The second-order valence-electron chi connectivity index (χ2n) is 10.4. The van der Waals surface area contributed by atoms with E-state index in [4.69, 9.17) is 14.2 Å². The molecule has 6 rings (SSSR count). The molecular weight excluding hydrogens is 578 g/mol. The fourth-order valence-electron chi connectivity index (χ4n) is 5.54. The maximum Gasteiger partial charge on any atom is 0.338 e. The standard InChI is InChI=1S/C29H29N5O10/c35-11-18-21(38)23(39)29(44-18,24-22(20(37)17(36)12-42-24)43-28(41)16-9-5-2-6-10-16)34-14-32-19-25(30-13-31-26(19)34)33-27(40)15-7-3-1-4-8-15/h1-10,13-14,17-18,20-24,35-39H,11-12H2,(H,30,31,33,40)/t17-,18-,20-,21-,22-,23-,24?,29+/m1/s1. The van der Waals surface area contributed by atoms with Crippen molar-refractivity contribution in [2.24, 2.45) is 0 Å². The number of aliphatic hydroxyl groups is 5. The molecule has 4 aromatic rings. The summed E-state index contributed by atoms with van der Waals surface area (Å²) in [6.45, 7) is -1.20. The number of nitrogens with one attached hydrogen (secondary N) is 1. The molecule has 2 fully saturated rings. The summed E-state index contributed by atoms with van der Waals surface area (Å²) < 4.78 is 18.9. The molecule has 15 heteroatoms. The molecule has 1 unspecified atom stereocenters. The van der Waals surface area contributed by atoms with Crippen LogP contribution >= 0.6 is 0 Å². The summed E-state index contributed by atoms with van der Waals surface area (Å²) in [5.41, 5.74) is -1.70. The molecule has 8 atom stereocenters. The Morgan fingerprint density at radius 3 is 2.30 bits per heavy atom. The SMILES string of the molecule is O=C(Nc1ncnc2c1ncn2[C@]1(C2OC[C@@H](O)[C@@H](O)[C@H]2OC(=O)c2ccccc2)O[C@H](CO)[C@@H](O)[C@H]1O)c1ccccc1. The van der Waals surface area contributed by atoms with Crippen LogP contribution in [0.5, 0.6) is 0 Å². The maximum atomic E-state index is 13.1. The largest absolute Gasteiger partial charge is 0.453 e. The summed E-state index contributed by atoms with van der Waals surface area (Å²) in [4.78, 5) is 38.8. The van der Waals surface area contributed by atoms with E-state index in [9.17, 15) is 35.1 Å². The molecule has 0 aliphatic carbocycles. The van der Waals surface area contributed by atoms with Crippen LogP contribution in [0.2, 0.25) is 0 Å². The lowest BCUT2D eigenvalue weighted by atomic mass is 9.87. The molecule has 2 aliphatic heterocycles. The van der Waals surface area contributed by atoms with Gasteiger partial charge in [0.1, 0.15) is 43.0 Å². The van der Waals surface area contributed by atoms with Crippen LogP contribution in [0.1, 0.15) is 20.7 Å². The van der Waals surface area contributed by atoms with Crippen molar-refractivity contribution in [1.82, 2.24) is 19.5 Å². The predicted octanol–water partition coefficient (Wildman–Crippen LogP) is -0.809. The fraction of sp³-hybridized carbons (Fsp3) is 0.345. The van der Waals surface area contributed by atoms with Crippen LogP contribution in [0.3, 0.4) is 0 Å². The zero-order valence-electron chi connectivity index (χ0n) is 23.0. The number of carbonyl (C=O) groups is 2. The highest BCUT2D eigenvalue weighted by molar-refractivity contribution is 6.06. The third-order valence-electron chi connectivity index (χ3n) is 7.76. The Labute approximate surface area is 249 Å². The van der Waals surface area contributed by atoms with Gasteiger partial charge in [0.15, 0.2) is 23.1 Å². The Balaban J connectivity index is 1.45. The number of imidazole rings is 1. The number of aliphatic hydroxyl groups excluding tert-OH is 5. The molecule has 0 saturated carbocycles. The van der Waals surface area contributed by atoms with Gasteiger partial charge in [0.05, 0.1) is 25.1 Å². The zero-order chi connectivity index (χ0) is 31.0. The number of amides is 1. The van der Waals surface area contributed by atoms with E-state index in [-0.39, 0.29) is 22.5 Å². The van der Waals surface area contributed by atoms with Crippen LogP contribution in [0.4, 0.5) is 5.82 Å². The quantitative estimate of drug-likeness (QED) is 0.142. The number of carbonyl (C=O) groups excluding carboxylic acids is 2. The van der Waals surface area contributed by atoms with Crippen molar-refractivity contribution in [1.29, 1.82) is 0 Å². The second kappa shape index (κ2) is 12.0. The summed E-state index contributed by atoms with van der Waals surface area (Å²) in [6.07, 6.45) is -9.08. The van der Waals surface area contributed by atoms with Crippen LogP contribution in [-0.4, -0.2) is 113 Å².